The van der Waals surface area contributed by atoms with Gasteiger partial charge in [0.2, 0.25) is 5.91 Å². The number of hydrogen-bond acceptors (Lipinski definition) is 3. The molecule has 1 unspecified atom stereocenters. The number of hydrogen-bond donors (Lipinski definition) is 2. The van der Waals surface area contributed by atoms with Crippen molar-refractivity contribution >= 4 is 23.2 Å². The maximum absolute atomic E-state index is 12.0. The Morgan fingerprint density at radius 3 is 2.86 bits per heavy atom. The molecule has 0 radical (unpaired) electrons. The standard InChI is InChI=1S/C16H23ClN2O2/c1-11-3-4-14(17)9-15(11)19-16(20)10-18-12(2)13-5-7-21-8-6-13/h3-4,9,12-13,18H,5-8,10H2,1-2H3,(H,19,20). The Bertz CT molecular complexity index is 487. The normalized spacial score (nSPS) is 17.5. The van der Waals surface area contributed by atoms with E-state index >= 15 is 0 Å². The van der Waals surface area contributed by atoms with Gasteiger partial charge in [0.05, 0.1) is 6.54 Å². The van der Waals surface area contributed by atoms with E-state index in [-0.39, 0.29) is 5.91 Å². The number of carbonyl (C=O) groups is 1. The van der Waals surface area contributed by atoms with Crippen molar-refractivity contribution in [2.75, 3.05) is 25.1 Å². The number of anilines is 1. The van der Waals surface area contributed by atoms with Crippen LogP contribution in [0, 0.1) is 12.8 Å². The van der Waals surface area contributed by atoms with Gasteiger partial charge in [-0.3, -0.25) is 4.79 Å². The van der Waals surface area contributed by atoms with Gasteiger partial charge in [0.25, 0.3) is 0 Å². The summed E-state index contributed by atoms with van der Waals surface area (Å²) in [6, 6.07) is 5.81. The lowest BCUT2D eigenvalue weighted by Crippen LogP contribution is -2.40. The second-order valence-corrected chi connectivity index (χ2v) is 6.06. The van der Waals surface area contributed by atoms with Crippen LogP contribution in [0.2, 0.25) is 5.02 Å². The molecular weight excluding hydrogens is 288 g/mol. The first-order valence-corrected chi connectivity index (χ1v) is 7.81. The van der Waals surface area contributed by atoms with Crippen LogP contribution in [0.5, 0.6) is 0 Å². The van der Waals surface area contributed by atoms with Gasteiger partial charge in [0, 0.05) is 30.0 Å². The third kappa shape index (κ3) is 4.99. The van der Waals surface area contributed by atoms with Crippen LogP contribution in [0.4, 0.5) is 5.69 Å². The smallest absolute Gasteiger partial charge is 0.238 e. The van der Waals surface area contributed by atoms with Crippen LogP contribution in [-0.2, 0) is 9.53 Å². The van der Waals surface area contributed by atoms with Gasteiger partial charge in [-0.25, -0.2) is 0 Å². The molecule has 0 spiro atoms. The molecule has 21 heavy (non-hydrogen) atoms. The number of aryl methyl sites for hydroxylation is 1. The third-order valence-corrected chi connectivity index (χ3v) is 4.27. The van der Waals surface area contributed by atoms with E-state index in [0.717, 1.165) is 37.3 Å². The average Bonchev–Trinajstić information content (AvgIpc) is 2.49. The SMILES string of the molecule is Cc1ccc(Cl)cc1NC(=O)CNC(C)C1CCOCC1. The first-order valence-electron chi connectivity index (χ1n) is 7.43. The van der Waals surface area contributed by atoms with Crippen LogP contribution in [0.25, 0.3) is 0 Å². The Kier molecular flexibility index (Phi) is 6.03. The Balaban J connectivity index is 1.80. The van der Waals surface area contributed by atoms with Crippen molar-refractivity contribution < 1.29 is 9.53 Å². The number of benzene rings is 1. The minimum atomic E-state index is -0.0423. The molecule has 1 saturated heterocycles. The van der Waals surface area contributed by atoms with E-state index in [1.54, 1.807) is 6.07 Å². The van der Waals surface area contributed by atoms with E-state index in [4.69, 9.17) is 16.3 Å². The van der Waals surface area contributed by atoms with E-state index in [1.165, 1.54) is 0 Å². The van der Waals surface area contributed by atoms with Crippen molar-refractivity contribution in [1.82, 2.24) is 5.32 Å². The van der Waals surface area contributed by atoms with Crippen LogP contribution >= 0.6 is 11.6 Å². The Morgan fingerprint density at radius 1 is 1.43 bits per heavy atom. The molecule has 1 amide bonds. The molecule has 2 N–H and O–H groups in total. The molecule has 0 aromatic heterocycles. The highest BCUT2D eigenvalue weighted by Crippen LogP contribution is 2.20. The van der Waals surface area contributed by atoms with Crippen LogP contribution < -0.4 is 10.6 Å². The van der Waals surface area contributed by atoms with Crippen molar-refractivity contribution in [3.05, 3.63) is 28.8 Å². The highest BCUT2D eigenvalue weighted by molar-refractivity contribution is 6.31. The van der Waals surface area contributed by atoms with Crippen LogP contribution in [0.3, 0.4) is 0 Å². The monoisotopic (exact) mass is 310 g/mol. The third-order valence-electron chi connectivity index (χ3n) is 4.03. The largest absolute Gasteiger partial charge is 0.381 e. The molecule has 1 aliphatic heterocycles. The fraction of sp³-hybridized carbons (Fsp3) is 0.562. The molecular formula is C16H23ClN2O2. The van der Waals surface area contributed by atoms with Gasteiger partial charge in [-0.2, -0.15) is 0 Å². The van der Waals surface area contributed by atoms with Crippen molar-refractivity contribution in [3.63, 3.8) is 0 Å². The summed E-state index contributed by atoms with van der Waals surface area (Å²) in [7, 11) is 0. The van der Waals surface area contributed by atoms with Crippen molar-refractivity contribution in [2.45, 2.75) is 32.7 Å². The van der Waals surface area contributed by atoms with E-state index in [0.29, 0.717) is 23.5 Å². The van der Waals surface area contributed by atoms with Gasteiger partial charge in [-0.1, -0.05) is 17.7 Å². The van der Waals surface area contributed by atoms with Gasteiger partial charge in [-0.15, -0.1) is 0 Å². The second-order valence-electron chi connectivity index (χ2n) is 5.63. The summed E-state index contributed by atoms with van der Waals surface area (Å²) in [5.74, 6) is 0.540. The van der Waals surface area contributed by atoms with Gasteiger partial charge in [-0.05, 0) is 50.3 Å². The topological polar surface area (TPSA) is 50.4 Å². The molecule has 0 saturated carbocycles. The van der Waals surface area contributed by atoms with E-state index < -0.39 is 0 Å². The summed E-state index contributed by atoms with van der Waals surface area (Å²) in [6.45, 7) is 6.04. The lowest BCUT2D eigenvalue weighted by atomic mass is 9.93. The number of rotatable bonds is 5. The van der Waals surface area contributed by atoms with Crippen molar-refractivity contribution in [2.24, 2.45) is 5.92 Å². The molecule has 1 heterocycles. The molecule has 1 fully saturated rings. The van der Waals surface area contributed by atoms with Crippen molar-refractivity contribution in [3.8, 4) is 0 Å². The maximum Gasteiger partial charge on any atom is 0.238 e. The maximum atomic E-state index is 12.0. The summed E-state index contributed by atoms with van der Waals surface area (Å²) >= 11 is 5.95. The molecule has 1 aromatic rings. The minimum Gasteiger partial charge on any atom is -0.381 e. The summed E-state index contributed by atoms with van der Waals surface area (Å²) in [5.41, 5.74) is 1.78. The lowest BCUT2D eigenvalue weighted by Gasteiger charge is -2.28. The molecule has 0 aliphatic carbocycles. The van der Waals surface area contributed by atoms with Gasteiger partial charge >= 0.3 is 0 Å². The highest BCUT2D eigenvalue weighted by Gasteiger charge is 2.20. The molecule has 1 aliphatic rings. The fourth-order valence-corrected chi connectivity index (χ4v) is 2.73. The van der Waals surface area contributed by atoms with E-state index in [9.17, 15) is 4.79 Å². The van der Waals surface area contributed by atoms with Gasteiger partial charge in [0.15, 0.2) is 0 Å². The second kappa shape index (κ2) is 7.78. The number of halogens is 1. The van der Waals surface area contributed by atoms with Gasteiger partial charge in [0.1, 0.15) is 0 Å². The van der Waals surface area contributed by atoms with E-state index in [2.05, 4.69) is 17.6 Å². The molecule has 2 rings (SSSR count). The van der Waals surface area contributed by atoms with Gasteiger partial charge < -0.3 is 15.4 Å². The zero-order chi connectivity index (χ0) is 15.2. The quantitative estimate of drug-likeness (QED) is 0.879. The number of amides is 1. The minimum absolute atomic E-state index is 0.0423. The molecule has 1 atom stereocenters. The number of carbonyl (C=O) groups excluding carboxylic acids is 1. The summed E-state index contributed by atoms with van der Waals surface area (Å²) in [5, 5.41) is 6.83. The molecule has 116 valence electrons. The van der Waals surface area contributed by atoms with Crippen LogP contribution in [0.1, 0.15) is 25.3 Å². The molecule has 5 heteroatoms. The molecule has 0 bridgehead atoms. The summed E-state index contributed by atoms with van der Waals surface area (Å²) < 4.78 is 5.36. The average molecular weight is 311 g/mol. The van der Waals surface area contributed by atoms with Crippen LogP contribution in [-0.4, -0.2) is 31.7 Å². The summed E-state index contributed by atoms with van der Waals surface area (Å²) in [6.07, 6.45) is 2.12. The predicted octanol–water partition coefficient (Wildman–Crippen LogP) is 2.99. The van der Waals surface area contributed by atoms with Crippen LogP contribution in [0.15, 0.2) is 18.2 Å². The fourth-order valence-electron chi connectivity index (χ4n) is 2.56. The Hall–Kier alpha value is -1.10. The number of ether oxygens (including phenoxy) is 1. The summed E-state index contributed by atoms with van der Waals surface area (Å²) in [4.78, 5) is 12.0. The highest BCUT2D eigenvalue weighted by atomic mass is 35.5. The Labute approximate surface area is 131 Å². The first-order chi connectivity index (χ1) is 10.1. The molecule has 4 nitrogen and oxygen atoms in total. The van der Waals surface area contributed by atoms with Crippen molar-refractivity contribution in [1.29, 1.82) is 0 Å². The van der Waals surface area contributed by atoms with E-state index in [1.807, 2.05) is 19.1 Å². The lowest BCUT2D eigenvalue weighted by molar-refractivity contribution is -0.115. The predicted molar refractivity (Wildman–Crippen MR) is 85.8 cm³/mol. The zero-order valence-electron chi connectivity index (χ0n) is 12.6. The molecule has 1 aromatic carbocycles. The first kappa shape index (κ1) is 16.3. The zero-order valence-corrected chi connectivity index (χ0v) is 13.4. The number of nitrogens with one attached hydrogen (secondary N) is 2. The Morgan fingerprint density at radius 2 is 2.14 bits per heavy atom.